The number of hydrogen-bond acceptors (Lipinski definition) is 2. The van der Waals surface area contributed by atoms with Crippen molar-refractivity contribution in [3.8, 4) is 0 Å². The van der Waals surface area contributed by atoms with Crippen molar-refractivity contribution in [2.45, 2.75) is 25.5 Å². The molecule has 2 rings (SSSR count). The van der Waals surface area contributed by atoms with Crippen molar-refractivity contribution in [1.29, 1.82) is 0 Å². The molecular formula is C14H18INOS. The number of aryl methyl sites for hydroxylation is 1. The molecule has 1 amide bonds. The van der Waals surface area contributed by atoms with Crippen LogP contribution in [0.15, 0.2) is 18.2 Å². The molecule has 1 atom stereocenters. The molecule has 1 saturated heterocycles. The lowest BCUT2D eigenvalue weighted by atomic mass is 10.1. The zero-order chi connectivity index (χ0) is 13.1. The van der Waals surface area contributed by atoms with Gasteiger partial charge in [-0.05, 0) is 47.6 Å². The van der Waals surface area contributed by atoms with Gasteiger partial charge < -0.3 is 4.90 Å². The van der Waals surface area contributed by atoms with Gasteiger partial charge in [0, 0.05) is 27.7 Å². The lowest BCUT2D eigenvalue weighted by molar-refractivity contribution is 0.0760. The molecule has 1 heterocycles. The predicted octanol–water partition coefficient (Wildman–Crippen LogP) is 3.57. The summed E-state index contributed by atoms with van der Waals surface area (Å²) >= 11 is 4.27. The topological polar surface area (TPSA) is 20.3 Å². The third-order valence-electron chi connectivity index (χ3n) is 3.30. The molecule has 1 aliphatic rings. The minimum Gasteiger partial charge on any atom is -0.337 e. The summed E-state index contributed by atoms with van der Waals surface area (Å²) in [7, 11) is 0. The van der Waals surface area contributed by atoms with Crippen LogP contribution in [-0.4, -0.2) is 34.9 Å². The van der Waals surface area contributed by atoms with Crippen LogP contribution in [0.2, 0.25) is 0 Å². The molecule has 18 heavy (non-hydrogen) atoms. The Morgan fingerprint density at radius 3 is 3.06 bits per heavy atom. The first-order chi connectivity index (χ1) is 8.63. The van der Waals surface area contributed by atoms with Gasteiger partial charge in [0.25, 0.3) is 5.91 Å². The molecule has 1 aromatic carbocycles. The lowest BCUT2D eigenvalue weighted by Crippen LogP contribution is -2.42. The van der Waals surface area contributed by atoms with Crippen LogP contribution in [0.25, 0.3) is 0 Å². The predicted molar refractivity (Wildman–Crippen MR) is 86.3 cm³/mol. The van der Waals surface area contributed by atoms with Gasteiger partial charge in [0.05, 0.1) is 5.56 Å². The number of thioether (sulfide) groups is 1. The summed E-state index contributed by atoms with van der Waals surface area (Å²) in [6.45, 7) is 6.02. The molecule has 0 radical (unpaired) electrons. The second kappa shape index (κ2) is 6.28. The number of benzene rings is 1. The Hall–Kier alpha value is -0.230. The molecule has 1 aliphatic heterocycles. The number of carbonyl (C=O) groups excluding carboxylic acids is 1. The van der Waals surface area contributed by atoms with Gasteiger partial charge in [-0.15, -0.1) is 0 Å². The van der Waals surface area contributed by atoms with Crippen LogP contribution in [0.1, 0.15) is 29.3 Å². The maximum Gasteiger partial charge on any atom is 0.255 e. The van der Waals surface area contributed by atoms with Gasteiger partial charge in [-0.2, -0.15) is 11.8 Å². The molecule has 0 spiro atoms. The third-order valence-corrected chi connectivity index (χ3v) is 6.11. The summed E-state index contributed by atoms with van der Waals surface area (Å²) in [6.07, 6.45) is 1.14. The van der Waals surface area contributed by atoms with Crippen LogP contribution in [0.4, 0.5) is 0 Å². The molecule has 1 unspecified atom stereocenters. The maximum atomic E-state index is 12.5. The summed E-state index contributed by atoms with van der Waals surface area (Å²) < 4.78 is 1.09. The maximum absolute atomic E-state index is 12.5. The van der Waals surface area contributed by atoms with Crippen LogP contribution in [0.5, 0.6) is 0 Å². The van der Waals surface area contributed by atoms with Crippen LogP contribution >= 0.6 is 34.4 Å². The van der Waals surface area contributed by atoms with E-state index in [4.69, 9.17) is 0 Å². The van der Waals surface area contributed by atoms with Crippen LogP contribution in [0.3, 0.4) is 0 Å². The molecule has 0 aliphatic carbocycles. The first kappa shape index (κ1) is 14.2. The molecule has 0 aromatic heterocycles. The largest absolute Gasteiger partial charge is 0.337 e. The number of nitrogens with zero attached hydrogens (tertiary/aromatic N) is 1. The van der Waals surface area contributed by atoms with Gasteiger partial charge >= 0.3 is 0 Å². The highest BCUT2D eigenvalue weighted by molar-refractivity contribution is 14.1. The van der Waals surface area contributed by atoms with E-state index in [1.54, 1.807) is 0 Å². The molecule has 0 N–H and O–H groups in total. The summed E-state index contributed by atoms with van der Waals surface area (Å²) in [5.74, 6) is 1.26. The molecule has 1 fully saturated rings. The zero-order valence-corrected chi connectivity index (χ0v) is 13.8. The Labute approximate surface area is 127 Å². The van der Waals surface area contributed by atoms with Crippen molar-refractivity contribution >= 4 is 40.3 Å². The van der Waals surface area contributed by atoms with Gasteiger partial charge in [-0.3, -0.25) is 4.79 Å². The van der Waals surface area contributed by atoms with E-state index < -0.39 is 0 Å². The van der Waals surface area contributed by atoms with E-state index in [0.29, 0.717) is 5.25 Å². The van der Waals surface area contributed by atoms with E-state index in [0.717, 1.165) is 34.4 Å². The van der Waals surface area contributed by atoms with E-state index in [1.165, 1.54) is 5.56 Å². The molecule has 1 aromatic rings. The van der Waals surface area contributed by atoms with E-state index in [9.17, 15) is 4.79 Å². The first-order valence-electron chi connectivity index (χ1n) is 6.29. The average molecular weight is 375 g/mol. The Bertz CT molecular complexity index is 449. The van der Waals surface area contributed by atoms with Gasteiger partial charge in [0.15, 0.2) is 0 Å². The Morgan fingerprint density at radius 1 is 1.56 bits per heavy atom. The number of carbonyl (C=O) groups is 1. The highest BCUT2D eigenvalue weighted by Crippen LogP contribution is 2.24. The second-order valence-electron chi connectivity index (χ2n) is 4.59. The van der Waals surface area contributed by atoms with Crippen molar-refractivity contribution in [3.63, 3.8) is 0 Å². The highest BCUT2D eigenvalue weighted by Gasteiger charge is 2.25. The van der Waals surface area contributed by atoms with Gasteiger partial charge in [0.2, 0.25) is 0 Å². The molecular weight excluding hydrogens is 357 g/mol. The Morgan fingerprint density at radius 2 is 2.33 bits per heavy atom. The minimum atomic E-state index is 0.196. The van der Waals surface area contributed by atoms with Crippen molar-refractivity contribution in [3.05, 3.63) is 32.9 Å². The highest BCUT2D eigenvalue weighted by atomic mass is 127. The monoisotopic (exact) mass is 375 g/mol. The number of amides is 1. The summed E-state index contributed by atoms with van der Waals surface area (Å²) in [5.41, 5.74) is 2.04. The number of rotatable bonds is 2. The lowest BCUT2D eigenvalue weighted by Gasteiger charge is -2.32. The van der Waals surface area contributed by atoms with E-state index in [1.807, 2.05) is 28.8 Å². The van der Waals surface area contributed by atoms with Crippen molar-refractivity contribution in [2.75, 3.05) is 18.8 Å². The molecule has 2 nitrogen and oxygen atoms in total. The third kappa shape index (κ3) is 3.02. The smallest absolute Gasteiger partial charge is 0.255 e. The fourth-order valence-electron chi connectivity index (χ4n) is 2.13. The standard InChI is InChI=1S/C14H18INOS/c1-3-11-9-16(7-8-18-11)14(17)12-6-4-5-10(2)13(12)15/h4-6,11H,3,7-9H2,1-2H3. The molecule has 4 heteroatoms. The quantitative estimate of drug-likeness (QED) is 0.737. The van der Waals surface area contributed by atoms with E-state index >= 15 is 0 Å². The SMILES string of the molecule is CCC1CN(C(=O)c2cccc(C)c2I)CCS1. The van der Waals surface area contributed by atoms with Gasteiger partial charge in [-0.25, -0.2) is 0 Å². The van der Waals surface area contributed by atoms with Crippen molar-refractivity contribution in [1.82, 2.24) is 4.90 Å². The minimum absolute atomic E-state index is 0.196. The van der Waals surface area contributed by atoms with E-state index in [-0.39, 0.29) is 5.91 Å². The second-order valence-corrected chi connectivity index (χ2v) is 7.08. The molecule has 0 saturated carbocycles. The average Bonchev–Trinajstić information content (AvgIpc) is 2.41. The van der Waals surface area contributed by atoms with Crippen molar-refractivity contribution in [2.24, 2.45) is 0 Å². The summed E-state index contributed by atoms with van der Waals surface area (Å²) in [5, 5.41) is 0.602. The van der Waals surface area contributed by atoms with Crippen LogP contribution < -0.4 is 0 Å². The number of hydrogen-bond donors (Lipinski definition) is 0. The molecule has 98 valence electrons. The van der Waals surface area contributed by atoms with Gasteiger partial charge in [0.1, 0.15) is 0 Å². The fraction of sp³-hybridized carbons (Fsp3) is 0.500. The van der Waals surface area contributed by atoms with E-state index in [2.05, 4.69) is 42.5 Å². The van der Waals surface area contributed by atoms with Crippen LogP contribution in [-0.2, 0) is 0 Å². The Balaban J connectivity index is 2.18. The van der Waals surface area contributed by atoms with Gasteiger partial charge in [-0.1, -0.05) is 19.1 Å². The summed E-state index contributed by atoms with van der Waals surface area (Å²) in [6, 6.07) is 5.97. The van der Waals surface area contributed by atoms with Crippen LogP contribution in [0, 0.1) is 10.5 Å². The summed E-state index contributed by atoms with van der Waals surface area (Å²) in [4.78, 5) is 14.6. The fourth-order valence-corrected chi connectivity index (χ4v) is 3.90. The Kier molecular flexibility index (Phi) is 4.95. The zero-order valence-electron chi connectivity index (χ0n) is 10.8. The molecule has 0 bridgehead atoms. The normalized spacial score (nSPS) is 19.9. The first-order valence-corrected chi connectivity index (χ1v) is 8.42. The number of halogens is 1. The van der Waals surface area contributed by atoms with Crippen molar-refractivity contribution < 1.29 is 4.79 Å².